The molecule has 0 bridgehead atoms. The number of fused-ring (bicyclic) bond motifs is 1. The zero-order chi connectivity index (χ0) is 29.4. The molecule has 4 atom stereocenters. The van der Waals surface area contributed by atoms with E-state index < -0.39 is 37.9 Å². The second-order valence-electron chi connectivity index (χ2n) is 11.4. The molecule has 0 unspecified atom stereocenters. The first kappa shape index (κ1) is 28.9. The molecule has 11 heteroatoms. The van der Waals surface area contributed by atoms with Crippen LogP contribution in [0.2, 0.25) is 5.04 Å². The van der Waals surface area contributed by atoms with E-state index >= 15 is 0 Å². The third kappa shape index (κ3) is 4.83. The van der Waals surface area contributed by atoms with Crippen molar-refractivity contribution in [2.45, 2.75) is 56.3 Å². The molecule has 4 N–H and O–H groups in total. The van der Waals surface area contributed by atoms with Crippen LogP contribution in [0.4, 0.5) is 5.95 Å². The molecule has 0 amide bonds. The quantitative estimate of drug-likeness (QED) is 0.205. The average molecular weight is 576 g/mol. The van der Waals surface area contributed by atoms with Crippen molar-refractivity contribution in [2.75, 3.05) is 19.5 Å². The molecule has 1 saturated heterocycles. The van der Waals surface area contributed by atoms with Crippen LogP contribution in [0.25, 0.3) is 11.2 Å². The summed E-state index contributed by atoms with van der Waals surface area (Å²) < 4.78 is 21.4. The minimum absolute atomic E-state index is 0.0626. The smallest absolute Gasteiger partial charge is 0.280 e. The molecule has 1 fully saturated rings. The Labute approximate surface area is 239 Å². The first-order chi connectivity index (χ1) is 19.6. The third-order valence-corrected chi connectivity index (χ3v) is 12.9. The van der Waals surface area contributed by atoms with Gasteiger partial charge in [-0.05, 0) is 21.8 Å². The molecule has 1 aliphatic rings. The second-order valence-corrected chi connectivity index (χ2v) is 15.7. The highest BCUT2D eigenvalue weighted by Crippen LogP contribution is 2.44. The van der Waals surface area contributed by atoms with Gasteiger partial charge in [0.25, 0.3) is 13.9 Å². The van der Waals surface area contributed by atoms with Crippen molar-refractivity contribution in [3.63, 3.8) is 0 Å². The Kier molecular flexibility index (Phi) is 7.75. The first-order valence-electron chi connectivity index (χ1n) is 13.5. The lowest BCUT2D eigenvalue weighted by molar-refractivity contribution is -0.128. The number of methoxy groups -OCH3 is 1. The lowest BCUT2D eigenvalue weighted by atomic mass is 9.92. The van der Waals surface area contributed by atoms with E-state index in [0.29, 0.717) is 6.42 Å². The largest absolute Gasteiger partial charge is 0.404 e. The zero-order valence-electron chi connectivity index (χ0n) is 23.8. The lowest BCUT2D eigenvalue weighted by Gasteiger charge is -2.45. The van der Waals surface area contributed by atoms with Crippen molar-refractivity contribution in [1.82, 2.24) is 19.5 Å². The predicted molar refractivity (Wildman–Crippen MR) is 161 cm³/mol. The number of H-pyrrole nitrogens is 1. The highest BCUT2D eigenvalue weighted by Gasteiger charge is 2.58. The van der Waals surface area contributed by atoms with E-state index in [2.05, 4.69) is 66.6 Å². The SMILES string of the molecule is C=CC[C@]1(CO[Si](c2ccccc2)(c2ccccc2)C(C)(C)C)O[C@@H](n2cnc3c(=O)[nH]c(N)nc32)[C@H](O)[C@@H]1OC. The van der Waals surface area contributed by atoms with Gasteiger partial charge >= 0.3 is 0 Å². The Morgan fingerprint density at radius 2 is 1.78 bits per heavy atom. The van der Waals surface area contributed by atoms with Crippen LogP contribution in [-0.4, -0.2) is 64.5 Å². The fourth-order valence-electron chi connectivity index (χ4n) is 6.12. The number of ether oxygens (including phenoxy) is 2. The van der Waals surface area contributed by atoms with Gasteiger partial charge in [0.1, 0.15) is 17.8 Å². The maximum absolute atomic E-state index is 12.4. The molecular formula is C30H37N5O5Si. The normalized spacial score (nSPS) is 23.2. The van der Waals surface area contributed by atoms with E-state index in [1.54, 1.807) is 6.08 Å². The molecule has 0 saturated carbocycles. The molecule has 5 rings (SSSR count). The molecule has 4 aromatic rings. The van der Waals surface area contributed by atoms with Crippen molar-refractivity contribution in [2.24, 2.45) is 0 Å². The van der Waals surface area contributed by atoms with E-state index in [4.69, 9.17) is 19.6 Å². The number of benzene rings is 2. The van der Waals surface area contributed by atoms with Gasteiger partial charge in [-0.25, -0.2) is 4.98 Å². The molecule has 2 aromatic carbocycles. The van der Waals surface area contributed by atoms with Crippen LogP contribution in [0.5, 0.6) is 0 Å². The minimum Gasteiger partial charge on any atom is -0.404 e. The van der Waals surface area contributed by atoms with Crippen molar-refractivity contribution in [3.8, 4) is 0 Å². The highest BCUT2D eigenvalue weighted by molar-refractivity contribution is 6.99. The van der Waals surface area contributed by atoms with Gasteiger partial charge in [-0.2, -0.15) is 4.98 Å². The summed E-state index contributed by atoms with van der Waals surface area (Å²) in [6.07, 6.45) is 0.590. The molecule has 0 radical (unpaired) electrons. The summed E-state index contributed by atoms with van der Waals surface area (Å²) in [6.45, 7) is 10.7. The number of hydrogen-bond donors (Lipinski definition) is 3. The van der Waals surface area contributed by atoms with E-state index in [1.807, 2.05) is 36.4 Å². The fourth-order valence-corrected chi connectivity index (χ4v) is 10.7. The summed E-state index contributed by atoms with van der Waals surface area (Å²) in [7, 11) is -1.41. The van der Waals surface area contributed by atoms with Crippen LogP contribution in [0.15, 0.2) is 84.4 Å². The Bertz CT molecular complexity index is 1530. The molecule has 216 valence electrons. The summed E-state index contributed by atoms with van der Waals surface area (Å²) in [4.78, 5) is 23.3. The predicted octanol–water partition coefficient (Wildman–Crippen LogP) is 2.50. The minimum atomic E-state index is -2.95. The average Bonchev–Trinajstić information content (AvgIpc) is 3.48. The number of imidazole rings is 1. The highest BCUT2D eigenvalue weighted by atomic mass is 28.4. The number of aliphatic hydroxyl groups excluding tert-OH is 1. The van der Waals surface area contributed by atoms with Crippen molar-refractivity contribution in [3.05, 3.63) is 90.0 Å². The van der Waals surface area contributed by atoms with Crippen molar-refractivity contribution >= 4 is 35.8 Å². The Morgan fingerprint density at radius 3 is 2.32 bits per heavy atom. The van der Waals surface area contributed by atoms with E-state index in [0.717, 1.165) is 10.4 Å². The van der Waals surface area contributed by atoms with E-state index in [1.165, 1.54) is 18.0 Å². The summed E-state index contributed by atoms with van der Waals surface area (Å²) in [6, 6.07) is 20.6. The van der Waals surface area contributed by atoms with Crippen LogP contribution in [0, 0.1) is 0 Å². The molecule has 0 spiro atoms. The van der Waals surface area contributed by atoms with Gasteiger partial charge in [-0.3, -0.25) is 14.3 Å². The Hall–Kier alpha value is -3.61. The van der Waals surface area contributed by atoms with Crippen LogP contribution in [0.3, 0.4) is 0 Å². The number of aromatic nitrogens is 4. The van der Waals surface area contributed by atoms with Gasteiger partial charge in [0.15, 0.2) is 17.4 Å². The topological polar surface area (TPSA) is 138 Å². The molecule has 2 aromatic heterocycles. The summed E-state index contributed by atoms with van der Waals surface area (Å²) in [5, 5.41) is 13.6. The Balaban J connectivity index is 1.61. The van der Waals surface area contributed by atoms with Crippen LogP contribution >= 0.6 is 0 Å². The Morgan fingerprint density at radius 1 is 1.17 bits per heavy atom. The number of hydrogen-bond acceptors (Lipinski definition) is 8. The number of rotatable bonds is 9. The standard InChI is InChI=1S/C30H37N5O5Si/c1-6-17-30(18-39-41(29(2,3)4,20-13-9-7-10-14-20)21-15-11-8-12-16-21)24(38-5)23(36)27(40-30)35-19-32-22-25(35)33-28(31)34-26(22)37/h6-16,19,23-24,27,36H,1,17-18H2,2-5H3,(H3,31,33,34,37)/t23-,24+,27-,30-/m1/s1. The summed E-state index contributed by atoms with van der Waals surface area (Å²) >= 11 is 0. The lowest BCUT2D eigenvalue weighted by Crippen LogP contribution is -2.68. The zero-order valence-corrected chi connectivity index (χ0v) is 24.8. The van der Waals surface area contributed by atoms with Crippen molar-refractivity contribution in [1.29, 1.82) is 0 Å². The molecular weight excluding hydrogens is 538 g/mol. The molecule has 3 heterocycles. The van der Waals surface area contributed by atoms with Gasteiger partial charge in [0, 0.05) is 7.11 Å². The van der Waals surface area contributed by atoms with Gasteiger partial charge < -0.3 is 24.7 Å². The van der Waals surface area contributed by atoms with Gasteiger partial charge in [0.2, 0.25) is 5.95 Å². The second kappa shape index (κ2) is 11.0. The fraction of sp³-hybridized carbons (Fsp3) is 0.367. The number of nitrogen functional groups attached to an aromatic ring is 1. The number of nitrogens with one attached hydrogen (secondary N) is 1. The number of nitrogens with two attached hydrogens (primary N) is 1. The monoisotopic (exact) mass is 575 g/mol. The number of anilines is 1. The summed E-state index contributed by atoms with van der Waals surface area (Å²) in [5.74, 6) is -0.0626. The molecule has 41 heavy (non-hydrogen) atoms. The first-order valence-corrected chi connectivity index (χ1v) is 15.5. The van der Waals surface area contributed by atoms with Crippen molar-refractivity contribution < 1.29 is 19.0 Å². The van der Waals surface area contributed by atoms with Gasteiger partial charge in [0.05, 0.1) is 12.9 Å². The molecule has 0 aliphatic carbocycles. The van der Waals surface area contributed by atoms with Gasteiger partial charge in [-0.15, -0.1) is 6.58 Å². The van der Waals surface area contributed by atoms with Gasteiger partial charge in [-0.1, -0.05) is 87.5 Å². The summed E-state index contributed by atoms with van der Waals surface area (Å²) in [5.41, 5.74) is 4.52. The van der Waals surface area contributed by atoms with E-state index in [9.17, 15) is 9.90 Å². The number of aliphatic hydroxyl groups is 1. The maximum Gasteiger partial charge on any atom is 0.280 e. The van der Waals surface area contributed by atoms with Crippen LogP contribution < -0.4 is 21.7 Å². The third-order valence-electron chi connectivity index (χ3n) is 7.89. The number of nitrogens with zero attached hydrogens (tertiary/aromatic N) is 3. The van der Waals surface area contributed by atoms with E-state index in [-0.39, 0.29) is 28.8 Å². The number of aromatic amines is 1. The molecule has 1 aliphatic heterocycles. The molecule has 10 nitrogen and oxygen atoms in total. The van der Waals surface area contributed by atoms with Crippen LogP contribution in [-0.2, 0) is 13.9 Å². The maximum atomic E-state index is 12.4. The van der Waals surface area contributed by atoms with Crippen LogP contribution in [0.1, 0.15) is 33.4 Å².